The molecule has 1 aliphatic carbocycles. The van der Waals surface area contributed by atoms with E-state index in [1.807, 2.05) is 0 Å². The van der Waals surface area contributed by atoms with Crippen molar-refractivity contribution in [2.45, 2.75) is 73.0 Å². The van der Waals surface area contributed by atoms with Crippen molar-refractivity contribution >= 4 is 13.9 Å². The molecule has 0 fully saturated rings. The van der Waals surface area contributed by atoms with E-state index in [9.17, 15) is 0 Å². The fourth-order valence-electron chi connectivity index (χ4n) is 3.08. The van der Waals surface area contributed by atoms with Crippen LogP contribution in [0.3, 0.4) is 0 Å². The minimum absolute atomic E-state index is 0.0747. The first kappa shape index (κ1) is 18.1. The monoisotopic (exact) mass is 328 g/mol. The van der Waals surface area contributed by atoms with Crippen LogP contribution in [0.25, 0.3) is 5.57 Å². The summed E-state index contributed by atoms with van der Waals surface area (Å²) in [5, 5.41) is 0. The van der Waals surface area contributed by atoms with Gasteiger partial charge in [0, 0.05) is 5.56 Å². The zero-order valence-corrected chi connectivity index (χ0v) is 17.3. The molecule has 0 amide bonds. The second-order valence-electron chi connectivity index (χ2n) is 8.85. The molecule has 23 heavy (non-hydrogen) atoms. The van der Waals surface area contributed by atoms with Gasteiger partial charge < -0.3 is 4.43 Å². The SMILES string of the molecule is CC1=CCC(c2cc(C)cc(C(C)(C)C)c2O[Si](C)(C)C)=C1C. The zero-order chi connectivity index (χ0) is 17.6. The molecular formula is C21H32OSi. The Balaban J connectivity index is 2.73. The first-order valence-electron chi connectivity index (χ1n) is 8.61. The van der Waals surface area contributed by atoms with Crippen LogP contribution in [0.2, 0.25) is 19.6 Å². The Kier molecular flexibility index (Phi) is 4.69. The van der Waals surface area contributed by atoms with Gasteiger partial charge in [-0.2, -0.15) is 0 Å². The Morgan fingerprint density at radius 2 is 1.61 bits per heavy atom. The molecule has 0 saturated heterocycles. The largest absolute Gasteiger partial charge is 0.544 e. The Hall–Kier alpha value is -1.28. The fraction of sp³-hybridized carbons (Fsp3) is 0.524. The molecule has 0 heterocycles. The minimum Gasteiger partial charge on any atom is -0.544 e. The number of hydrogen-bond acceptors (Lipinski definition) is 1. The van der Waals surface area contributed by atoms with Gasteiger partial charge in [0.1, 0.15) is 5.75 Å². The van der Waals surface area contributed by atoms with E-state index in [2.05, 4.69) is 79.4 Å². The van der Waals surface area contributed by atoms with Crippen molar-refractivity contribution in [3.8, 4) is 5.75 Å². The highest BCUT2D eigenvalue weighted by atomic mass is 28.4. The summed E-state index contributed by atoms with van der Waals surface area (Å²) >= 11 is 0. The summed E-state index contributed by atoms with van der Waals surface area (Å²) in [6, 6.07) is 4.63. The highest BCUT2D eigenvalue weighted by molar-refractivity contribution is 6.70. The summed E-state index contributed by atoms with van der Waals surface area (Å²) < 4.78 is 6.62. The third-order valence-corrected chi connectivity index (χ3v) is 5.25. The molecule has 2 rings (SSSR count). The smallest absolute Gasteiger partial charge is 0.242 e. The summed E-state index contributed by atoms with van der Waals surface area (Å²) in [5.41, 5.74) is 8.28. The molecule has 0 radical (unpaired) electrons. The first-order chi connectivity index (χ1) is 10.4. The van der Waals surface area contributed by atoms with Gasteiger partial charge in [-0.3, -0.25) is 0 Å². The van der Waals surface area contributed by atoms with Gasteiger partial charge in [0.2, 0.25) is 8.32 Å². The van der Waals surface area contributed by atoms with E-state index in [4.69, 9.17) is 4.43 Å². The molecule has 0 aliphatic heterocycles. The average Bonchev–Trinajstić information content (AvgIpc) is 2.69. The van der Waals surface area contributed by atoms with Crippen LogP contribution in [-0.2, 0) is 5.41 Å². The molecule has 0 aromatic heterocycles. The predicted octanol–water partition coefficient (Wildman–Crippen LogP) is 6.63. The quantitative estimate of drug-likeness (QED) is 0.566. The van der Waals surface area contributed by atoms with Gasteiger partial charge in [-0.1, -0.05) is 38.5 Å². The minimum atomic E-state index is -1.69. The normalized spacial score (nSPS) is 16.0. The number of allylic oxidation sites excluding steroid dienone is 4. The molecule has 126 valence electrons. The van der Waals surface area contributed by atoms with Gasteiger partial charge in [0.05, 0.1) is 0 Å². The molecule has 1 nitrogen and oxygen atoms in total. The summed E-state index contributed by atoms with van der Waals surface area (Å²) in [7, 11) is -1.69. The van der Waals surface area contributed by atoms with E-state index in [0.717, 1.165) is 12.2 Å². The Bertz CT molecular complexity index is 679. The van der Waals surface area contributed by atoms with Crippen LogP contribution in [0.15, 0.2) is 29.4 Å². The van der Waals surface area contributed by atoms with E-state index in [1.54, 1.807) is 0 Å². The summed E-state index contributed by atoms with van der Waals surface area (Å²) in [6.45, 7) is 20.3. The van der Waals surface area contributed by atoms with Gasteiger partial charge in [-0.05, 0) is 80.6 Å². The Morgan fingerprint density at radius 3 is 2.04 bits per heavy atom. The highest BCUT2D eigenvalue weighted by Gasteiger charge is 2.28. The van der Waals surface area contributed by atoms with Gasteiger partial charge in [0.25, 0.3) is 0 Å². The summed E-state index contributed by atoms with van der Waals surface area (Å²) in [5.74, 6) is 1.12. The molecule has 0 atom stereocenters. The maximum absolute atomic E-state index is 6.62. The molecule has 0 saturated carbocycles. The Labute approximate surface area is 143 Å². The standard InChI is InChI=1S/C21H32OSi/c1-14-12-18(17-11-10-15(2)16(17)3)20(22-23(7,8)9)19(13-14)21(4,5)6/h10,12-13H,11H2,1-9H3. The predicted molar refractivity (Wildman–Crippen MR) is 105 cm³/mol. The third kappa shape index (κ3) is 3.98. The maximum atomic E-state index is 6.62. The number of rotatable bonds is 3. The van der Waals surface area contributed by atoms with Crippen molar-refractivity contribution in [1.29, 1.82) is 0 Å². The topological polar surface area (TPSA) is 9.23 Å². The summed E-state index contributed by atoms with van der Waals surface area (Å²) in [6.07, 6.45) is 3.36. The lowest BCUT2D eigenvalue weighted by molar-refractivity contribution is 0.506. The molecule has 0 bridgehead atoms. The van der Waals surface area contributed by atoms with E-state index in [-0.39, 0.29) is 5.41 Å². The maximum Gasteiger partial charge on any atom is 0.242 e. The second-order valence-corrected chi connectivity index (χ2v) is 13.3. The lowest BCUT2D eigenvalue weighted by Crippen LogP contribution is -2.31. The molecular weight excluding hydrogens is 296 g/mol. The molecule has 1 aliphatic rings. The highest BCUT2D eigenvalue weighted by Crippen LogP contribution is 2.43. The van der Waals surface area contributed by atoms with E-state index in [1.165, 1.54) is 33.4 Å². The van der Waals surface area contributed by atoms with Crippen molar-refractivity contribution in [2.24, 2.45) is 0 Å². The van der Waals surface area contributed by atoms with E-state index < -0.39 is 8.32 Å². The third-order valence-electron chi connectivity index (χ3n) is 4.43. The van der Waals surface area contributed by atoms with Crippen molar-refractivity contribution in [2.75, 3.05) is 0 Å². The van der Waals surface area contributed by atoms with Crippen LogP contribution in [0.4, 0.5) is 0 Å². The van der Waals surface area contributed by atoms with Crippen LogP contribution in [0.5, 0.6) is 5.75 Å². The van der Waals surface area contributed by atoms with Crippen LogP contribution < -0.4 is 4.43 Å². The molecule has 0 spiro atoms. The molecule has 0 unspecified atom stereocenters. The van der Waals surface area contributed by atoms with Gasteiger partial charge in [-0.15, -0.1) is 0 Å². The van der Waals surface area contributed by atoms with Crippen LogP contribution in [-0.4, -0.2) is 8.32 Å². The van der Waals surface area contributed by atoms with Crippen LogP contribution in [0, 0.1) is 6.92 Å². The molecule has 1 aromatic carbocycles. The van der Waals surface area contributed by atoms with Gasteiger partial charge in [-0.25, -0.2) is 0 Å². The van der Waals surface area contributed by atoms with Crippen molar-refractivity contribution < 1.29 is 4.43 Å². The number of aryl methyl sites for hydroxylation is 1. The van der Waals surface area contributed by atoms with Crippen LogP contribution >= 0.6 is 0 Å². The van der Waals surface area contributed by atoms with Gasteiger partial charge >= 0.3 is 0 Å². The number of hydrogen-bond donors (Lipinski definition) is 0. The average molecular weight is 329 g/mol. The molecule has 0 N–H and O–H groups in total. The first-order valence-corrected chi connectivity index (χ1v) is 12.0. The number of benzene rings is 1. The van der Waals surface area contributed by atoms with Gasteiger partial charge in [0.15, 0.2) is 0 Å². The lowest BCUT2D eigenvalue weighted by atomic mass is 9.82. The second kappa shape index (κ2) is 5.97. The fourth-order valence-corrected chi connectivity index (χ4v) is 3.91. The van der Waals surface area contributed by atoms with E-state index >= 15 is 0 Å². The van der Waals surface area contributed by atoms with Crippen molar-refractivity contribution in [3.63, 3.8) is 0 Å². The molecule has 2 heteroatoms. The molecule has 1 aromatic rings. The van der Waals surface area contributed by atoms with Crippen LogP contribution in [0.1, 0.15) is 57.7 Å². The lowest BCUT2D eigenvalue weighted by Gasteiger charge is -2.30. The summed E-state index contributed by atoms with van der Waals surface area (Å²) in [4.78, 5) is 0. The van der Waals surface area contributed by atoms with Crippen molar-refractivity contribution in [1.82, 2.24) is 0 Å². The van der Waals surface area contributed by atoms with E-state index in [0.29, 0.717) is 0 Å². The Morgan fingerprint density at radius 1 is 1.00 bits per heavy atom. The van der Waals surface area contributed by atoms with Crippen molar-refractivity contribution in [3.05, 3.63) is 46.0 Å². The zero-order valence-electron chi connectivity index (χ0n) is 16.3.